The van der Waals surface area contributed by atoms with Crippen LogP contribution in [0.15, 0.2) is 30.6 Å². The quantitative estimate of drug-likeness (QED) is 0.936. The van der Waals surface area contributed by atoms with E-state index in [1.165, 1.54) is 37.8 Å². The number of hydrogen-bond acceptors (Lipinski definition) is 2. The number of pyridine rings is 1. The molecule has 1 N–H and O–H groups in total. The maximum absolute atomic E-state index is 4.72. The molecule has 0 amide bonds. The first-order valence-corrected chi connectivity index (χ1v) is 8.51. The molecule has 4 aliphatic carbocycles. The molecule has 0 aliphatic heterocycles. The standard InChI is InChI=1S/C18H23N3/c1-2-4-21-11-16(20-17(21)3-1)10-19-18-14-6-12-5-13(8-14)9-15(18)7-12/h1-4,11-15,18-19H,5-10H2. The second-order valence-electron chi connectivity index (χ2n) is 7.54. The summed E-state index contributed by atoms with van der Waals surface area (Å²) in [5, 5.41) is 3.87. The first kappa shape index (κ1) is 12.2. The van der Waals surface area contributed by atoms with Crippen LogP contribution < -0.4 is 5.32 Å². The van der Waals surface area contributed by atoms with Gasteiger partial charge in [-0.2, -0.15) is 0 Å². The third-order valence-corrected chi connectivity index (χ3v) is 6.16. The molecule has 110 valence electrons. The van der Waals surface area contributed by atoms with Crippen molar-refractivity contribution in [3.63, 3.8) is 0 Å². The normalized spacial score (nSPS) is 37.4. The largest absolute Gasteiger partial charge is 0.308 e. The maximum Gasteiger partial charge on any atom is 0.137 e. The van der Waals surface area contributed by atoms with E-state index >= 15 is 0 Å². The number of imidazole rings is 1. The highest BCUT2D eigenvalue weighted by Crippen LogP contribution is 2.53. The zero-order valence-electron chi connectivity index (χ0n) is 12.4. The van der Waals surface area contributed by atoms with Crippen LogP contribution in [0.2, 0.25) is 0 Å². The molecule has 21 heavy (non-hydrogen) atoms. The van der Waals surface area contributed by atoms with Crippen LogP contribution in [0.3, 0.4) is 0 Å². The Hall–Kier alpha value is -1.35. The molecule has 0 aromatic carbocycles. The van der Waals surface area contributed by atoms with Gasteiger partial charge in [-0.15, -0.1) is 0 Å². The predicted octanol–water partition coefficient (Wildman–Crippen LogP) is 3.25. The molecule has 4 bridgehead atoms. The van der Waals surface area contributed by atoms with E-state index < -0.39 is 0 Å². The van der Waals surface area contributed by atoms with E-state index in [-0.39, 0.29) is 0 Å². The van der Waals surface area contributed by atoms with Crippen molar-refractivity contribution in [1.82, 2.24) is 14.7 Å². The smallest absolute Gasteiger partial charge is 0.137 e. The van der Waals surface area contributed by atoms with Gasteiger partial charge in [0.05, 0.1) is 5.69 Å². The first-order chi connectivity index (χ1) is 10.3. The summed E-state index contributed by atoms with van der Waals surface area (Å²) in [5.74, 6) is 4.00. The van der Waals surface area contributed by atoms with Crippen molar-refractivity contribution in [3.05, 3.63) is 36.3 Å². The van der Waals surface area contributed by atoms with E-state index in [0.29, 0.717) is 0 Å². The Morgan fingerprint density at radius 2 is 1.81 bits per heavy atom. The fourth-order valence-electron chi connectivity index (χ4n) is 5.55. The highest BCUT2D eigenvalue weighted by atomic mass is 15.0. The van der Waals surface area contributed by atoms with E-state index in [1.807, 2.05) is 0 Å². The Kier molecular flexibility index (Phi) is 2.66. The molecule has 0 atom stereocenters. The van der Waals surface area contributed by atoms with Gasteiger partial charge in [-0.25, -0.2) is 4.98 Å². The Labute approximate surface area is 125 Å². The molecule has 4 saturated carbocycles. The van der Waals surface area contributed by atoms with Gasteiger partial charge >= 0.3 is 0 Å². The van der Waals surface area contributed by atoms with Crippen LogP contribution >= 0.6 is 0 Å². The summed E-state index contributed by atoms with van der Waals surface area (Å²) in [6.45, 7) is 0.925. The van der Waals surface area contributed by atoms with Crippen molar-refractivity contribution in [1.29, 1.82) is 0 Å². The lowest BCUT2D eigenvalue weighted by molar-refractivity contribution is -0.0143. The van der Waals surface area contributed by atoms with Gasteiger partial charge in [0.1, 0.15) is 5.65 Å². The summed E-state index contributed by atoms with van der Waals surface area (Å²) in [5.41, 5.74) is 2.23. The molecule has 2 heterocycles. The van der Waals surface area contributed by atoms with Gasteiger partial charge in [-0.05, 0) is 67.9 Å². The Bertz CT molecular complexity index is 598. The number of nitrogens with zero attached hydrogens (tertiary/aromatic N) is 2. The fraction of sp³-hybridized carbons (Fsp3) is 0.611. The number of rotatable bonds is 3. The van der Waals surface area contributed by atoms with Gasteiger partial charge in [-0.1, -0.05) is 6.07 Å². The van der Waals surface area contributed by atoms with Crippen LogP contribution in [0.25, 0.3) is 5.65 Å². The third-order valence-electron chi connectivity index (χ3n) is 6.16. The molecule has 0 radical (unpaired) electrons. The summed E-state index contributed by atoms with van der Waals surface area (Å²) < 4.78 is 2.12. The lowest BCUT2D eigenvalue weighted by atomic mass is 9.54. The number of hydrogen-bond donors (Lipinski definition) is 1. The Morgan fingerprint density at radius 1 is 1.05 bits per heavy atom. The van der Waals surface area contributed by atoms with Crippen molar-refractivity contribution in [3.8, 4) is 0 Å². The van der Waals surface area contributed by atoms with Gasteiger partial charge < -0.3 is 9.72 Å². The number of nitrogens with one attached hydrogen (secondary N) is 1. The Balaban J connectivity index is 1.32. The molecule has 6 rings (SSSR count). The summed E-state index contributed by atoms with van der Waals surface area (Å²) in [7, 11) is 0. The Morgan fingerprint density at radius 3 is 2.52 bits per heavy atom. The topological polar surface area (TPSA) is 29.3 Å². The van der Waals surface area contributed by atoms with Gasteiger partial charge in [0.25, 0.3) is 0 Å². The van der Waals surface area contributed by atoms with Crippen LogP contribution in [0.1, 0.15) is 37.8 Å². The summed E-state index contributed by atoms with van der Waals surface area (Å²) in [6, 6.07) is 6.94. The summed E-state index contributed by atoms with van der Waals surface area (Å²) in [4.78, 5) is 4.72. The lowest BCUT2D eigenvalue weighted by Gasteiger charge is -2.54. The molecule has 4 aliphatic rings. The molecular weight excluding hydrogens is 258 g/mol. The van der Waals surface area contributed by atoms with Gasteiger partial charge in [0.15, 0.2) is 0 Å². The van der Waals surface area contributed by atoms with E-state index in [4.69, 9.17) is 4.98 Å². The van der Waals surface area contributed by atoms with Crippen LogP contribution in [0.4, 0.5) is 0 Å². The van der Waals surface area contributed by atoms with E-state index in [9.17, 15) is 0 Å². The highest BCUT2D eigenvalue weighted by Gasteiger charge is 2.47. The second-order valence-corrected chi connectivity index (χ2v) is 7.54. The van der Waals surface area contributed by atoms with Crippen molar-refractivity contribution in [2.24, 2.45) is 23.7 Å². The van der Waals surface area contributed by atoms with Crippen LogP contribution in [0.5, 0.6) is 0 Å². The molecule has 0 unspecified atom stereocenters. The first-order valence-electron chi connectivity index (χ1n) is 8.51. The van der Waals surface area contributed by atoms with Crippen LogP contribution in [-0.4, -0.2) is 15.4 Å². The average Bonchev–Trinajstić information content (AvgIpc) is 2.88. The van der Waals surface area contributed by atoms with E-state index in [2.05, 4.69) is 40.3 Å². The monoisotopic (exact) mass is 281 g/mol. The molecular formula is C18H23N3. The molecule has 3 nitrogen and oxygen atoms in total. The lowest BCUT2D eigenvalue weighted by Crippen LogP contribution is -2.54. The van der Waals surface area contributed by atoms with Crippen molar-refractivity contribution in [2.75, 3.05) is 0 Å². The van der Waals surface area contributed by atoms with Gasteiger partial charge in [0, 0.05) is 25.0 Å². The zero-order valence-corrected chi connectivity index (χ0v) is 12.4. The third kappa shape index (κ3) is 2.02. The second kappa shape index (κ2) is 4.57. The molecule has 3 heteroatoms. The van der Waals surface area contributed by atoms with Gasteiger partial charge in [-0.3, -0.25) is 0 Å². The summed E-state index contributed by atoms with van der Waals surface area (Å²) >= 11 is 0. The minimum absolute atomic E-state index is 0.752. The highest BCUT2D eigenvalue weighted by molar-refractivity contribution is 5.39. The maximum atomic E-state index is 4.72. The van der Waals surface area contributed by atoms with Crippen molar-refractivity contribution < 1.29 is 0 Å². The van der Waals surface area contributed by atoms with E-state index in [0.717, 1.165) is 41.9 Å². The van der Waals surface area contributed by atoms with Crippen molar-refractivity contribution in [2.45, 2.75) is 44.7 Å². The summed E-state index contributed by atoms with van der Waals surface area (Å²) in [6.07, 6.45) is 11.7. The van der Waals surface area contributed by atoms with Crippen molar-refractivity contribution >= 4 is 5.65 Å². The minimum Gasteiger partial charge on any atom is -0.308 e. The zero-order chi connectivity index (χ0) is 13.8. The number of aromatic nitrogens is 2. The number of fused-ring (bicyclic) bond motifs is 1. The predicted molar refractivity (Wildman–Crippen MR) is 82.9 cm³/mol. The fourth-order valence-corrected chi connectivity index (χ4v) is 5.55. The van der Waals surface area contributed by atoms with Gasteiger partial charge in [0.2, 0.25) is 0 Å². The average molecular weight is 281 g/mol. The molecule has 0 saturated heterocycles. The van der Waals surface area contributed by atoms with Crippen LogP contribution in [0, 0.1) is 23.7 Å². The van der Waals surface area contributed by atoms with Crippen LogP contribution in [-0.2, 0) is 6.54 Å². The molecule has 4 fully saturated rings. The molecule has 0 spiro atoms. The molecule has 2 aromatic heterocycles. The molecule has 2 aromatic rings. The SMILES string of the molecule is c1ccn2cc(CNC3C4CC5CC(C4)CC3C5)nc2c1. The minimum atomic E-state index is 0.752. The van der Waals surface area contributed by atoms with E-state index in [1.54, 1.807) is 0 Å².